The lowest BCUT2D eigenvalue weighted by atomic mass is 9.80. The Morgan fingerprint density at radius 2 is 2.11 bits per heavy atom. The number of phosphoric acid groups is 1. The summed E-state index contributed by atoms with van der Waals surface area (Å²) in [5.74, 6) is -0.0404. The van der Waals surface area contributed by atoms with Gasteiger partial charge < -0.3 is 45.1 Å². The average molecular weight is 404 g/mol. The minimum atomic E-state index is -4.82. The number of aliphatic hydroxyl groups excluding tert-OH is 1. The van der Waals surface area contributed by atoms with Crippen molar-refractivity contribution in [3.05, 3.63) is 12.5 Å². The Labute approximate surface area is 152 Å². The van der Waals surface area contributed by atoms with Crippen LogP contribution in [0.3, 0.4) is 0 Å². The maximum absolute atomic E-state index is 10.9. The van der Waals surface area contributed by atoms with Gasteiger partial charge in [0.1, 0.15) is 35.6 Å². The predicted octanol–water partition coefficient (Wildman–Crippen LogP) is -3.19. The fraction of sp³-hybridized carbons (Fsp3) is 0.500. The standard InChI is InChI=1S/C12H18BN4O9P/c1-12(19)8(18)6(3-25-27(22,23)24)26-11(12)17-2-5(13(20)21)7-9(14)15-4-16-10(7)17/h2,4,6,8,11,18-21H,3H2,1H3,(H2,14,15,16)(H2,22,23,24)/t6-,8-,11-,12-/m1/s1. The zero-order chi connectivity index (χ0) is 20.1. The number of nitrogens with two attached hydrogens (primary N) is 1. The lowest BCUT2D eigenvalue weighted by molar-refractivity contribution is -0.0946. The molecule has 0 amide bonds. The summed E-state index contributed by atoms with van der Waals surface area (Å²) in [6, 6.07) is 0. The molecule has 1 aliphatic rings. The molecule has 3 heterocycles. The van der Waals surface area contributed by atoms with Gasteiger partial charge >= 0.3 is 14.9 Å². The average Bonchev–Trinajstić information content (AvgIpc) is 3.03. The number of hydrogen-bond donors (Lipinski definition) is 7. The molecule has 3 rings (SSSR count). The van der Waals surface area contributed by atoms with Gasteiger partial charge in [-0.25, -0.2) is 14.5 Å². The Bertz CT molecular complexity index is 900. The van der Waals surface area contributed by atoms with Crippen LogP contribution in [0.2, 0.25) is 0 Å². The quantitative estimate of drug-likeness (QED) is 0.194. The number of anilines is 1. The highest BCUT2D eigenvalue weighted by Crippen LogP contribution is 2.42. The first-order valence-electron chi connectivity index (χ1n) is 7.66. The Hall–Kier alpha value is -1.61. The highest BCUT2D eigenvalue weighted by Gasteiger charge is 2.54. The van der Waals surface area contributed by atoms with Crippen molar-refractivity contribution in [3.8, 4) is 0 Å². The van der Waals surface area contributed by atoms with E-state index in [2.05, 4.69) is 14.5 Å². The van der Waals surface area contributed by atoms with Crippen molar-refractivity contribution in [2.24, 2.45) is 0 Å². The summed E-state index contributed by atoms with van der Waals surface area (Å²) >= 11 is 0. The van der Waals surface area contributed by atoms with Crippen LogP contribution in [-0.4, -0.2) is 76.1 Å². The van der Waals surface area contributed by atoms with Crippen molar-refractivity contribution >= 4 is 37.3 Å². The molecule has 0 unspecified atom stereocenters. The molecular formula is C12H18BN4O9P. The van der Waals surface area contributed by atoms with Crippen molar-refractivity contribution < 1.29 is 43.9 Å². The SMILES string of the molecule is C[C@@]1(O)[C@H](O)[C@@H](COP(=O)(O)O)O[C@H]1n1cc(B(O)O)c2c(N)ncnc21. The van der Waals surface area contributed by atoms with Gasteiger partial charge in [0.2, 0.25) is 0 Å². The van der Waals surface area contributed by atoms with Crippen LogP contribution < -0.4 is 11.2 Å². The Morgan fingerprint density at radius 3 is 2.70 bits per heavy atom. The van der Waals surface area contributed by atoms with E-state index in [9.17, 15) is 24.8 Å². The van der Waals surface area contributed by atoms with Gasteiger partial charge in [0.05, 0.1) is 12.0 Å². The molecule has 0 aliphatic carbocycles. The Kier molecular flexibility index (Phi) is 5.05. The number of nitrogens with zero attached hydrogens (tertiary/aromatic N) is 3. The van der Waals surface area contributed by atoms with Crippen molar-refractivity contribution in [2.75, 3.05) is 12.3 Å². The number of aromatic nitrogens is 3. The van der Waals surface area contributed by atoms with Gasteiger partial charge in [0.15, 0.2) is 6.23 Å². The van der Waals surface area contributed by atoms with Gasteiger partial charge in [-0.1, -0.05) is 0 Å². The number of hydrogen-bond acceptors (Lipinski definition) is 10. The van der Waals surface area contributed by atoms with E-state index in [0.717, 1.165) is 6.33 Å². The molecule has 2 aromatic rings. The zero-order valence-electron chi connectivity index (χ0n) is 13.9. The second-order valence-corrected chi connectivity index (χ2v) is 7.55. The lowest BCUT2D eigenvalue weighted by Gasteiger charge is -2.27. The fourth-order valence-electron chi connectivity index (χ4n) is 3.06. The summed E-state index contributed by atoms with van der Waals surface area (Å²) in [6.07, 6.45) is -1.82. The molecule has 15 heteroatoms. The van der Waals surface area contributed by atoms with Gasteiger partial charge in [-0.3, -0.25) is 4.52 Å². The molecule has 4 atom stereocenters. The van der Waals surface area contributed by atoms with Crippen molar-refractivity contribution in [1.29, 1.82) is 0 Å². The van der Waals surface area contributed by atoms with Crippen molar-refractivity contribution in [2.45, 2.75) is 31.0 Å². The molecule has 13 nitrogen and oxygen atoms in total. The van der Waals surface area contributed by atoms with Gasteiger partial charge in [0, 0.05) is 11.7 Å². The molecule has 1 fully saturated rings. The molecule has 2 aromatic heterocycles. The predicted molar refractivity (Wildman–Crippen MR) is 90.3 cm³/mol. The number of phosphoric ester groups is 1. The molecule has 148 valence electrons. The van der Waals surface area contributed by atoms with Crippen molar-refractivity contribution in [1.82, 2.24) is 14.5 Å². The topological polar surface area (TPSA) is 214 Å². The normalized spacial score (nSPS) is 28.8. The van der Waals surface area contributed by atoms with Gasteiger partial charge in [-0.05, 0) is 6.92 Å². The summed E-state index contributed by atoms with van der Waals surface area (Å²) in [5, 5.41) is 40.3. The van der Waals surface area contributed by atoms with E-state index in [1.807, 2.05) is 0 Å². The van der Waals surface area contributed by atoms with Crippen LogP contribution >= 0.6 is 7.82 Å². The van der Waals surface area contributed by atoms with E-state index in [1.165, 1.54) is 17.7 Å². The number of nitrogen functional groups attached to an aromatic ring is 1. The Balaban J connectivity index is 2.03. The lowest BCUT2D eigenvalue weighted by Crippen LogP contribution is -2.44. The van der Waals surface area contributed by atoms with Crippen LogP contribution in [0.5, 0.6) is 0 Å². The van der Waals surface area contributed by atoms with E-state index in [0.29, 0.717) is 0 Å². The highest BCUT2D eigenvalue weighted by atomic mass is 31.2. The maximum Gasteiger partial charge on any atom is 0.490 e. The first kappa shape index (κ1) is 20.1. The minimum absolute atomic E-state index is 0.0404. The van der Waals surface area contributed by atoms with Gasteiger partial charge in [0.25, 0.3) is 0 Å². The number of rotatable bonds is 5. The smallest absolute Gasteiger partial charge is 0.423 e. The first-order chi connectivity index (χ1) is 12.4. The fourth-order valence-corrected chi connectivity index (χ4v) is 3.40. The maximum atomic E-state index is 10.9. The molecule has 27 heavy (non-hydrogen) atoms. The summed E-state index contributed by atoms with van der Waals surface area (Å²) in [5.41, 5.74) is 3.89. The summed E-state index contributed by atoms with van der Waals surface area (Å²) in [7, 11) is -6.74. The molecule has 0 aromatic carbocycles. The number of ether oxygens (including phenoxy) is 1. The summed E-state index contributed by atoms with van der Waals surface area (Å²) in [4.78, 5) is 25.4. The number of aliphatic hydroxyl groups is 2. The number of fused-ring (bicyclic) bond motifs is 1. The molecule has 0 saturated carbocycles. The second kappa shape index (κ2) is 6.77. The molecule has 8 N–H and O–H groups in total. The molecule has 1 saturated heterocycles. The molecular weight excluding hydrogens is 386 g/mol. The zero-order valence-corrected chi connectivity index (χ0v) is 14.8. The highest BCUT2D eigenvalue weighted by molar-refractivity contribution is 7.46. The van der Waals surface area contributed by atoms with E-state index in [1.54, 1.807) is 0 Å². The van der Waals surface area contributed by atoms with Crippen LogP contribution in [-0.2, 0) is 13.8 Å². The largest absolute Gasteiger partial charge is 0.490 e. The minimum Gasteiger partial charge on any atom is -0.423 e. The van der Waals surface area contributed by atoms with Gasteiger partial charge in [-0.2, -0.15) is 0 Å². The molecule has 1 aliphatic heterocycles. The Morgan fingerprint density at radius 1 is 1.44 bits per heavy atom. The van der Waals surface area contributed by atoms with Crippen LogP contribution in [0, 0.1) is 0 Å². The van der Waals surface area contributed by atoms with E-state index in [4.69, 9.17) is 20.3 Å². The van der Waals surface area contributed by atoms with Crippen LogP contribution in [0.15, 0.2) is 12.5 Å². The third kappa shape index (κ3) is 3.59. The second-order valence-electron chi connectivity index (χ2n) is 6.31. The first-order valence-corrected chi connectivity index (χ1v) is 9.19. The van der Waals surface area contributed by atoms with E-state index >= 15 is 0 Å². The van der Waals surface area contributed by atoms with Gasteiger partial charge in [-0.15, -0.1) is 0 Å². The van der Waals surface area contributed by atoms with Crippen LogP contribution in [0.25, 0.3) is 11.0 Å². The van der Waals surface area contributed by atoms with Crippen LogP contribution in [0.1, 0.15) is 13.2 Å². The van der Waals surface area contributed by atoms with E-state index < -0.39 is 45.6 Å². The molecule has 0 bridgehead atoms. The molecule has 0 radical (unpaired) electrons. The van der Waals surface area contributed by atoms with Crippen LogP contribution in [0.4, 0.5) is 5.82 Å². The van der Waals surface area contributed by atoms with Crippen molar-refractivity contribution in [3.63, 3.8) is 0 Å². The third-order valence-corrected chi connectivity index (χ3v) is 4.85. The summed E-state index contributed by atoms with van der Waals surface area (Å²) < 4.78 is 22.0. The molecule has 0 spiro atoms. The monoisotopic (exact) mass is 404 g/mol. The third-order valence-electron chi connectivity index (χ3n) is 4.36. The van der Waals surface area contributed by atoms with E-state index in [-0.39, 0.29) is 22.3 Å². The summed E-state index contributed by atoms with van der Waals surface area (Å²) in [6.45, 7) is 0.551.